The van der Waals surface area contributed by atoms with Crippen molar-refractivity contribution in [2.24, 2.45) is 17.8 Å². The topological polar surface area (TPSA) is 129 Å². The maximum Gasteiger partial charge on any atom is 0.335 e. The van der Waals surface area contributed by atoms with Gasteiger partial charge in [0.1, 0.15) is 5.75 Å². The Bertz CT molecular complexity index is 1660. The number of aryl methyl sites for hydroxylation is 2. The Hall–Kier alpha value is -4.11. The van der Waals surface area contributed by atoms with Crippen molar-refractivity contribution < 1.29 is 34.2 Å². The number of halogens is 1. The minimum atomic E-state index is -1.17. The molecule has 0 aromatic heterocycles. The zero-order valence-electron chi connectivity index (χ0n) is 21.6. The number of imide groups is 1. The van der Waals surface area contributed by atoms with Gasteiger partial charge in [0.15, 0.2) is 11.6 Å². The lowest BCUT2D eigenvalue weighted by Crippen LogP contribution is -2.39. The molecule has 1 heterocycles. The Labute approximate surface area is 237 Å². The molecule has 8 nitrogen and oxygen atoms in total. The number of carboxylic acid groups (broad SMARTS) is 1. The first-order chi connectivity index (χ1) is 19.0. The van der Waals surface area contributed by atoms with Crippen molar-refractivity contribution in [2.75, 3.05) is 4.90 Å². The highest BCUT2D eigenvalue weighted by molar-refractivity contribution is 9.12. The third-order valence-electron chi connectivity index (χ3n) is 8.53. The Balaban J connectivity index is 1.49. The third kappa shape index (κ3) is 3.75. The Morgan fingerprint density at radius 2 is 1.70 bits per heavy atom. The highest BCUT2D eigenvalue weighted by Gasteiger charge is 2.56. The fourth-order valence-corrected chi connectivity index (χ4v) is 7.22. The summed E-state index contributed by atoms with van der Waals surface area (Å²) < 4.78 is 0.147. The number of aromatic carboxylic acids is 1. The van der Waals surface area contributed by atoms with Gasteiger partial charge < -0.3 is 10.2 Å². The predicted octanol–water partition coefficient (Wildman–Crippen LogP) is 4.67. The summed E-state index contributed by atoms with van der Waals surface area (Å²) >= 11 is 3.22. The van der Waals surface area contributed by atoms with Crippen LogP contribution in [0.25, 0.3) is 0 Å². The largest absolute Gasteiger partial charge is 0.507 e. The smallest absolute Gasteiger partial charge is 0.335 e. The summed E-state index contributed by atoms with van der Waals surface area (Å²) in [4.78, 5) is 66.9. The van der Waals surface area contributed by atoms with Crippen molar-refractivity contribution in [1.82, 2.24) is 0 Å². The zero-order chi connectivity index (χ0) is 28.6. The van der Waals surface area contributed by atoms with Crippen molar-refractivity contribution >= 4 is 51.0 Å². The fourth-order valence-electron chi connectivity index (χ4n) is 6.77. The van der Waals surface area contributed by atoms with Crippen LogP contribution in [-0.4, -0.2) is 39.6 Å². The van der Waals surface area contributed by atoms with E-state index in [1.54, 1.807) is 26.0 Å². The van der Waals surface area contributed by atoms with Crippen molar-refractivity contribution in [3.63, 3.8) is 0 Å². The molecule has 9 heteroatoms. The maximum absolute atomic E-state index is 14.0. The quantitative estimate of drug-likeness (QED) is 0.297. The molecule has 6 rings (SSSR count). The first-order valence-electron chi connectivity index (χ1n) is 12.9. The van der Waals surface area contributed by atoms with Gasteiger partial charge in [-0.05, 0) is 83.4 Å². The number of hydrogen-bond acceptors (Lipinski definition) is 6. The number of ketones is 2. The van der Waals surface area contributed by atoms with Crippen LogP contribution in [-0.2, 0) is 19.2 Å². The molecule has 1 fully saturated rings. The van der Waals surface area contributed by atoms with Crippen molar-refractivity contribution in [3.8, 4) is 5.75 Å². The van der Waals surface area contributed by atoms with E-state index in [0.29, 0.717) is 22.3 Å². The molecule has 2 N–H and O–H groups in total. The Morgan fingerprint density at radius 3 is 2.38 bits per heavy atom. The summed E-state index contributed by atoms with van der Waals surface area (Å²) in [7, 11) is 0. The number of amides is 2. The van der Waals surface area contributed by atoms with Gasteiger partial charge in [0, 0.05) is 23.1 Å². The predicted molar refractivity (Wildman–Crippen MR) is 148 cm³/mol. The number of aromatic hydroxyl groups is 1. The van der Waals surface area contributed by atoms with Gasteiger partial charge >= 0.3 is 5.97 Å². The van der Waals surface area contributed by atoms with E-state index in [0.717, 1.165) is 16.0 Å². The number of phenols is 1. The standard InChI is InChI=1S/C31H24BrNO7/c1-13-8-16(9-14(2)27(13)35)24-18-6-7-19-25(20(18)11-21-26(24)23(34)12-22(32)28(21)36)30(38)33(29(19)37)17-5-3-4-15(10-17)31(39)40/h3-6,8-10,12,19-20,24-25,35H,7,11H2,1-2H3,(H,39,40). The minimum absolute atomic E-state index is 0.0414. The lowest BCUT2D eigenvalue weighted by molar-refractivity contribution is -0.123. The average molecular weight is 602 g/mol. The highest BCUT2D eigenvalue weighted by atomic mass is 79.9. The number of carbonyl (C=O) groups excluding carboxylic acids is 4. The highest BCUT2D eigenvalue weighted by Crippen LogP contribution is 2.56. The number of nitrogens with zero attached hydrogens (tertiary/aromatic N) is 1. The van der Waals surface area contributed by atoms with E-state index in [9.17, 15) is 34.2 Å². The van der Waals surface area contributed by atoms with Gasteiger partial charge in [-0.15, -0.1) is 0 Å². The van der Waals surface area contributed by atoms with E-state index in [-0.39, 0.29) is 45.9 Å². The molecule has 0 spiro atoms. The first kappa shape index (κ1) is 26.1. The molecule has 4 atom stereocenters. The Kier molecular flexibility index (Phi) is 6.03. The summed E-state index contributed by atoms with van der Waals surface area (Å²) in [5.41, 5.74) is 3.61. The molecule has 2 aromatic rings. The normalized spacial score (nSPS) is 25.8. The summed E-state index contributed by atoms with van der Waals surface area (Å²) in [6, 6.07) is 9.31. The van der Waals surface area contributed by atoms with Crippen LogP contribution >= 0.6 is 15.9 Å². The molecule has 2 amide bonds. The molecule has 2 aromatic carbocycles. The van der Waals surface area contributed by atoms with Crippen LogP contribution < -0.4 is 4.90 Å². The van der Waals surface area contributed by atoms with Crippen LogP contribution in [0, 0.1) is 31.6 Å². The Morgan fingerprint density at radius 1 is 1.00 bits per heavy atom. The van der Waals surface area contributed by atoms with Crippen LogP contribution in [0.3, 0.4) is 0 Å². The van der Waals surface area contributed by atoms with Gasteiger partial charge in [0.25, 0.3) is 0 Å². The molecule has 3 aliphatic carbocycles. The number of fused-ring (bicyclic) bond motifs is 3. The first-order valence-corrected chi connectivity index (χ1v) is 13.7. The van der Waals surface area contributed by atoms with Crippen molar-refractivity contribution in [1.29, 1.82) is 0 Å². The molecule has 1 saturated heterocycles. The second kappa shape index (κ2) is 9.23. The fraction of sp³-hybridized carbons (Fsp3) is 0.258. The van der Waals surface area contributed by atoms with Gasteiger partial charge in [-0.3, -0.25) is 24.1 Å². The molecule has 4 unspecified atom stereocenters. The van der Waals surface area contributed by atoms with E-state index < -0.39 is 41.5 Å². The molecule has 202 valence electrons. The number of carboxylic acids is 1. The van der Waals surface area contributed by atoms with E-state index in [1.807, 2.05) is 6.08 Å². The van der Waals surface area contributed by atoms with Crippen molar-refractivity contribution in [3.05, 3.63) is 92.0 Å². The van der Waals surface area contributed by atoms with Crippen LogP contribution in [0.15, 0.2) is 69.8 Å². The van der Waals surface area contributed by atoms with Crippen molar-refractivity contribution in [2.45, 2.75) is 32.6 Å². The second-order valence-electron chi connectivity index (χ2n) is 10.8. The monoisotopic (exact) mass is 601 g/mol. The van der Waals surface area contributed by atoms with Gasteiger partial charge in [0.2, 0.25) is 11.8 Å². The van der Waals surface area contributed by atoms with Crippen LogP contribution in [0.1, 0.15) is 45.8 Å². The van der Waals surface area contributed by atoms with E-state index in [4.69, 9.17) is 0 Å². The van der Waals surface area contributed by atoms with Crippen LogP contribution in [0.2, 0.25) is 0 Å². The lowest BCUT2D eigenvalue weighted by atomic mass is 9.59. The van der Waals surface area contributed by atoms with E-state index in [2.05, 4.69) is 15.9 Å². The number of hydrogen-bond donors (Lipinski definition) is 2. The van der Waals surface area contributed by atoms with E-state index in [1.165, 1.54) is 30.3 Å². The third-order valence-corrected chi connectivity index (χ3v) is 9.12. The molecule has 4 aliphatic rings. The molecular weight excluding hydrogens is 578 g/mol. The number of phenolic OH excluding ortho intramolecular Hbond substituents is 1. The summed E-state index contributed by atoms with van der Waals surface area (Å²) in [5, 5.41) is 19.8. The minimum Gasteiger partial charge on any atom is -0.507 e. The molecule has 0 radical (unpaired) electrons. The number of allylic oxidation sites excluding steroid dienone is 6. The number of anilines is 1. The zero-order valence-corrected chi connectivity index (χ0v) is 23.2. The second-order valence-corrected chi connectivity index (χ2v) is 11.6. The van der Waals surface area contributed by atoms with Crippen LogP contribution in [0.5, 0.6) is 5.75 Å². The molecular formula is C31H24BrNO7. The number of rotatable bonds is 3. The molecule has 1 aliphatic heterocycles. The molecule has 0 bridgehead atoms. The summed E-state index contributed by atoms with van der Waals surface area (Å²) in [6.07, 6.45) is 3.60. The van der Waals surface area contributed by atoms with Gasteiger partial charge in [-0.1, -0.05) is 29.8 Å². The van der Waals surface area contributed by atoms with Gasteiger partial charge in [-0.2, -0.15) is 0 Å². The number of Topliss-reactive ketones (excluding diaryl/α,β-unsaturated/α-hetero) is 1. The SMILES string of the molecule is Cc1cc(C2C3=CCC4C(=O)N(c5cccc(C(=O)O)c5)C(=O)C4C3CC3=C2C(=O)C=C(Br)C3=O)cc(C)c1O. The maximum atomic E-state index is 14.0. The number of benzene rings is 2. The van der Waals surface area contributed by atoms with Gasteiger partial charge in [-0.25, -0.2) is 4.79 Å². The molecule has 0 saturated carbocycles. The number of carbonyl (C=O) groups is 5. The van der Waals surface area contributed by atoms with Gasteiger partial charge in [0.05, 0.1) is 27.6 Å². The summed E-state index contributed by atoms with van der Waals surface area (Å²) in [6.45, 7) is 3.53. The lowest BCUT2D eigenvalue weighted by Gasteiger charge is -2.42. The van der Waals surface area contributed by atoms with E-state index >= 15 is 0 Å². The molecule has 40 heavy (non-hydrogen) atoms. The van der Waals surface area contributed by atoms with Crippen LogP contribution in [0.4, 0.5) is 5.69 Å². The summed E-state index contributed by atoms with van der Waals surface area (Å²) in [5.74, 6) is -5.08. The average Bonchev–Trinajstić information content (AvgIpc) is 3.18.